The molecule has 0 aliphatic carbocycles. The number of amides is 1. The number of methoxy groups -OCH3 is 1. The van der Waals surface area contributed by atoms with Crippen molar-refractivity contribution in [1.82, 2.24) is 5.32 Å². The van der Waals surface area contributed by atoms with Crippen molar-refractivity contribution < 1.29 is 24.2 Å². The monoisotopic (exact) mass is 343 g/mol. The van der Waals surface area contributed by atoms with Crippen molar-refractivity contribution in [3.63, 3.8) is 0 Å². The van der Waals surface area contributed by atoms with Gasteiger partial charge in [-0.25, -0.2) is 4.79 Å². The first kappa shape index (κ1) is 18.5. The molecule has 0 radical (unpaired) electrons. The molecule has 1 amide bonds. The van der Waals surface area contributed by atoms with Crippen LogP contribution in [-0.4, -0.2) is 37.2 Å². The zero-order valence-corrected chi connectivity index (χ0v) is 14.0. The van der Waals surface area contributed by atoms with Crippen molar-refractivity contribution in [2.75, 3.05) is 20.3 Å². The SMILES string of the molecule is COc1ccccc1CCNC(=O)COC(=O)[C@H](O)c1ccccc1. The van der Waals surface area contributed by atoms with Gasteiger partial charge in [-0.3, -0.25) is 4.79 Å². The van der Waals surface area contributed by atoms with Crippen LogP contribution in [0.2, 0.25) is 0 Å². The summed E-state index contributed by atoms with van der Waals surface area (Å²) in [5.74, 6) is -0.524. The van der Waals surface area contributed by atoms with Crippen molar-refractivity contribution in [2.45, 2.75) is 12.5 Å². The number of carbonyl (C=O) groups is 2. The Bertz CT molecular complexity index is 702. The standard InChI is InChI=1S/C19H21NO5/c1-24-16-10-6-5-7-14(16)11-12-20-17(21)13-25-19(23)18(22)15-8-3-2-4-9-15/h2-10,18,22H,11-13H2,1H3,(H,20,21)/t18-/m1/s1. The van der Waals surface area contributed by atoms with Crippen LogP contribution in [0.15, 0.2) is 54.6 Å². The van der Waals surface area contributed by atoms with Crippen LogP contribution in [0.3, 0.4) is 0 Å². The number of hydrogen-bond donors (Lipinski definition) is 2. The molecule has 0 spiro atoms. The Kier molecular flexibility index (Phi) is 6.98. The molecule has 0 aliphatic heterocycles. The fourth-order valence-corrected chi connectivity index (χ4v) is 2.28. The normalized spacial score (nSPS) is 11.4. The fraction of sp³-hybridized carbons (Fsp3) is 0.263. The molecule has 2 aromatic rings. The van der Waals surface area contributed by atoms with Crippen molar-refractivity contribution >= 4 is 11.9 Å². The van der Waals surface area contributed by atoms with Crippen LogP contribution >= 0.6 is 0 Å². The number of rotatable bonds is 8. The van der Waals surface area contributed by atoms with E-state index in [1.165, 1.54) is 0 Å². The molecule has 0 heterocycles. The van der Waals surface area contributed by atoms with Gasteiger partial charge in [0.2, 0.25) is 0 Å². The van der Waals surface area contributed by atoms with E-state index in [-0.39, 0.29) is 0 Å². The third kappa shape index (κ3) is 5.61. The lowest BCUT2D eigenvalue weighted by Gasteiger charge is -2.11. The van der Waals surface area contributed by atoms with Gasteiger partial charge in [0.1, 0.15) is 5.75 Å². The molecule has 0 bridgehead atoms. The van der Waals surface area contributed by atoms with Gasteiger partial charge < -0.3 is 19.9 Å². The van der Waals surface area contributed by atoms with E-state index in [1.54, 1.807) is 37.4 Å². The molecule has 2 rings (SSSR count). The molecule has 0 aliphatic rings. The zero-order chi connectivity index (χ0) is 18.1. The highest BCUT2D eigenvalue weighted by Crippen LogP contribution is 2.17. The summed E-state index contributed by atoms with van der Waals surface area (Å²) in [5, 5.41) is 12.5. The highest BCUT2D eigenvalue weighted by Gasteiger charge is 2.19. The largest absolute Gasteiger partial charge is 0.496 e. The second-order valence-electron chi connectivity index (χ2n) is 5.33. The van der Waals surface area contributed by atoms with E-state index in [0.29, 0.717) is 18.5 Å². The summed E-state index contributed by atoms with van der Waals surface area (Å²) >= 11 is 0. The minimum Gasteiger partial charge on any atom is -0.496 e. The van der Waals surface area contributed by atoms with Crippen LogP contribution in [0.1, 0.15) is 17.2 Å². The van der Waals surface area contributed by atoms with Gasteiger partial charge in [-0.05, 0) is 23.6 Å². The van der Waals surface area contributed by atoms with Crippen molar-refractivity contribution in [1.29, 1.82) is 0 Å². The first-order valence-electron chi connectivity index (χ1n) is 7.90. The van der Waals surface area contributed by atoms with Crippen LogP contribution in [0.4, 0.5) is 0 Å². The van der Waals surface area contributed by atoms with Gasteiger partial charge in [-0.15, -0.1) is 0 Å². The summed E-state index contributed by atoms with van der Waals surface area (Å²) in [6.07, 6.45) is -0.807. The Labute approximate surface area is 146 Å². The van der Waals surface area contributed by atoms with Crippen LogP contribution < -0.4 is 10.1 Å². The Balaban J connectivity index is 1.72. The van der Waals surface area contributed by atoms with Crippen LogP contribution in [-0.2, 0) is 20.7 Å². The third-order valence-corrected chi connectivity index (χ3v) is 3.59. The van der Waals surface area contributed by atoms with E-state index in [1.807, 2.05) is 24.3 Å². The molecule has 132 valence electrons. The number of carbonyl (C=O) groups excluding carboxylic acids is 2. The first-order valence-corrected chi connectivity index (χ1v) is 7.90. The number of nitrogens with one attached hydrogen (secondary N) is 1. The predicted molar refractivity (Wildman–Crippen MR) is 92.1 cm³/mol. The number of para-hydroxylation sites is 1. The molecule has 0 fully saturated rings. The fourth-order valence-electron chi connectivity index (χ4n) is 2.28. The number of esters is 1. The average Bonchev–Trinajstić information content (AvgIpc) is 2.66. The minimum atomic E-state index is -1.40. The second-order valence-corrected chi connectivity index (χ2v) is 5.33. The van der Waals surface area contributed by atoms with E-state index in [9.17, 15) is 14.7 Å². The van der Waals surface area contributed by atoms with Crippen molar-refractivity contribution in [3.05, 3.63) is 65.7 Å². The molecule has 0 saturated carbocycles. The van der Waals surface area contributed by atoms with E-state index in [0.717, 1.165) is 11.3 Å². The number of hydrogen-bond acceptors (Lipinski definition) is 5. The Morgan fingerprint density at radius 1 is 1.08 bits per heavy atom. The van der Waals surface area contributed by atoms with Gasteiger partial charge in [-0.2, -0.15) is 0 Å². The maximum atomic E-state index is 11.8. The second kappa shape index (κ2) is 9.44. The summed E-state index contributed by atoms with van der Waals surface area (Å²) in [4.78, 5) is 23.5. The van der Waals surface area contributed by atoms with Crippen molar-refractivity contribution in [3.8, 4) is 5.75 Å². The lowest BCUT2D eigenvalue weighted by molar-refractivity contribution is -0.157. The Morgan fingerprint density at radius 3 is 2.48 bits per heavy atom. The highest BCUT2D eigenvalue weighted by atomic mass is 16.5. The van der Waals surface area contributed by atoms with Gasteiger partial charge in [-0.1, -0.05) is 48.5 Å². The first-order chi connectivity index (χ1) is 12.1. The van der Waals surface area contributed by atoms with E-state index in [4.69, 9.17) is 9.47 Å². The van der Waals surface area contributed by atoms with Crippen LogP contribution in [0, 0.1) is 0 Å². The average molecular weight is 343 g/mol. The topological polar surface area (TPSA) is 84.9 Å². The summed E-state index contributed by atoms with van der Waals surface area (Å²) in [6, 6.07) is 15.9. The summed E-state index contributed by atoms with van der Waals surface area (Å²) in [7, 11) is 1.59. The molecule has 25 heavy (non-hydrogen) atoms. The molecule has 0 saturated heterocycles. The summed E-state index contributed by atoms with van der Waals surface area (Å²) in [5.41, 5.74) is 1.39. The van der Waals surface area contributed by atoms with Crippen LogP contribution in [0.5, 0.6) is 5.75 Å². The number of ether oxygens (including phenoxy) is 2. The van der Waals surface area contributed by atoms with E-state index < -0.39 is 24.6 Å². The minimum absolute atomic E-state index is 0.387. The predicted octanol–water partition coefficient (Wildman–Crippen LogP) is 1.63. The molecule has 1 atom stereocenters. The third-order valence-electron chi connectivity index (χ3n) is 3.59. The lowest BCUT2D eigenvalue weighted by Crippen LogP contribution is -2.31. The summed E-state index contributed by atoms with van der Waals surface area (Å²) in [6.45, 7) is -0.0490. The smallest absolute Gasteiger partial charge is 0.340 e. The highest BCUT2D eigenvalue weighted by molar-refractivity contribution is 5.82. The molecule has 2 aromatic carbocycles. The Hall–Kier alpha value is -2.86. The van der Waals surface area contributed by atoms with E-state index in [2.05, 4.69) is 5.32 Å². The van der Waals surface area contributed by atoms with E-state index >= 15 is 0 Å². The maximum Gasteiger partial charge on any atom is 0.340 e. The van der Waals surface area contributed by atoms with Gasteiger partial charge in [0, 0.05) is 6.54 Å². The number of benzene rings is 2. The maximum absolute atomic E-state index is 11.8. The molecule has 2 N–H and O–H groups in total. The molecular weight excluding hydrogens is 322 g/mol. The lowest BCUT2D eigenvalue weighted by atomic mass is 10.1. The molecule has 6 nitrogen and oxygen atoms in total. The Morgan fingerprint density at radius 2 is 1.76 bits per heavy atom. The van der Waals surface area contributed by atoms with Gasteiger partial charge in [0.25, 0.3) is 5.91 Å². The number of aliphatic hydroxyl groups excluding tert-OH is 1. The molecule has 0 unspecified atom stereocenters. The van der Waals surface area contributed by atoms with Crippen molar-refractivity contribution in [2.24, 2.45) is 0 Å². The van der Waals surface area contributed by atoms with Gasteiger partial charge in [0.05, 0.1) is 7.11 Å². The van der Waals surface area contributed by atoms with Crippen LogP contribution in [0.25, 0.3) is 0 Å². The molecule has 6 heteroatoms. The zero-order valence-electron chi connectivity index (χ0n) is 14.0. The van der Waals surface area contributed by atoms with Gasteiger partial charge >= 0.3 is 5.97 Å². The quantitative estimate of drug-likeness (QED) is 0.712. The van der Waals surface area contributed by atoms with Gasteiger partial charge in [0.15, 0.2) is 12.7 Å². The molecular formula is C19H21NO5. The molecule has 0 aromatic heterocycles. The number of aliphatic hydroxyl groups is 1. The summed E-state index contributed by atoms with van der Waals surface area (Å²) < 4.78 is 10.1.